The second-order valence-corrected chi connectivity index (χ2v) is 13.3. The van der Waals surface area contributed by atoms with Crippen LogP contribution in [0.4, 0.5) is 0 Å². The third-order valence-electron chi connectivity index (χ3n) is 9.75. The maximum atomic E-state index is 2.60. The van der Waals surface area contributed by atoms with Crippen molar-refractivity contribution in [2.75, 3.05) is 0 Å². The molecule has 0 aliphatic heterocycles. The Morgan fingerprint density at radius 1 is 0.333 bits per heavy atom. The van der Waals surface area contributed by atoms with Gasteiger partial charge < -0.3 is 0 Å². The quantitative estimate of drug-likeness (QED) is 0.0742. The first-order valence-electron chi connectivity index (χ1n) is 18.7. The minimum Gasteiger partial charge on any atom is -0.0654 e. The maximum Gasteiger partial charge on any atom is -0.0140 e. The van der Waals surface area contributed by atoms with Crippen molar-refractivity contribution in [3.8, 4) is 0 Å². The fraction of sp³-hybridized carbons (Fsp3) is 0.667. The Hall–Kier alpha value is -1.82. The van der Waals surface area contributed by atoms with Gasteiger partial charge in [0.25, 0.3) is 0 Å². The van der Waals surface area contributed by atoms with E-state index in [1.54, 1.807) is 33.0 Å². The summed E-state index contributed by atoms with van der Waals surface area (Å²) in [5.41, 5.74) is 7.06. The molecular formula is C42H66. The van der Waals surface area contributed by atoms with Gasteiger partial charge in [-0.3, -0.25) is 0 Å². The molecule has 0 aliphatic carbocycles. The molecule has 0 nitrogen and oxygen atoms in total. The Balaban J connectivity index is 2.10. The monoisotopic (exact) mass is 571 g/mol. The SMILES string of the molecule is CCCCCCCc1c(CCCCCCC)c(CCCCCCC)c2cc3ccccc3cc2c1CCCCCCC. The van der Waals surface area contributed by atoms with Crippen LogP contribution >= 0.6 is 0 Å². The molecule has 42 heavy (non-hydrogen) atoms. The van der Waals surface area contributed by atoms with Gasteiger partial charge in [0, 0.05) is 0 Å². The lowest BCUT2D eigenvalue weighted by Crippen LogP contribution is -2.09. The highest BCUT2D eigenvalue weighted by molar-refractivity contribution is 6.02. The van der Waals surface area contributed by atoms with E-state index in [0.29, 0.717) is 0 Å². The molecule has 3 rings (SSSR count). The van der Waals surface area contributed by atoms with Crippen LogP contribution in [0.3, 0.4) is 0 Å². The van der Waals surface area contributed by atoms with E-state index in [2.05, 4.69) is 64.1 Å². The van der Waals surface area contributed by atoms with Crippen LogP contribution in [0.2, 0.25) is 0 Å². The summed E-state index contributed by atoms with van der Waals surface area (Å²) in [6.07, 6.45) is 32.5. The van der Waals surface area contributed by atoms with Gasteiger partial charge in [0.1, 0.15) is 0 Å². The van der Waals surface area contributed by atoms with Gasteiger partial charge in [-0.25, -0.2) is 0 Å². The van der Waals surface area contributed by atoms with E-state index in [0.717, 1.165) is 0 Å². The number of fused-ring (bicyclic) bond motifs is 2. The minimum absolute atomic E-state index is 1.27. The van der Waals surface area contributed by atoms with Crippen LogP contribution in [0.5, 0.6) is 0 Å². The molecule has 0 heterocycles. The minimum atomic E-state index is 1.27. The Morgan fingerprint density at radius 3 is 0.929 bits per heavy atom. The largest absolute Gasteiger partial charge is 0.0654 e. The summed E-state index contributed by atoms with van der Waals surface area (Å²) in [5.74, 6) is 0. The topological polar surface area (TPSA) is 0 Å². The lowest BCUT2D eigenvalue weighted by Gasteiger charge is -2.24. The lowest BCUT2D eigenvalue weighted by atomic mass is 9.80. The zero-order chi connectivity index (χ0) is 29.8. The van der Waals surface area contributed by atoms with E-state index in [1.165, 1.54) is 165 Å². The Morgan fingerprint density at radius 2 is 0.619 bits per heavy atom. The molecule has 0 heteroatoms. The number of hydrogen-bond acceptors (Lipinski definition) is 0. The molecule has 0 fully saturated rings. The number of hydrogen-bond donors (Lipinski definition) is 0. The second-order valence-electron chi connectivity index (χ2n) is 13.3. The molecule has 0 amide bonds. The molecule has 0 atom stereocenters. The highest BCUT2D eigenvalue weighted by Gasteiger charge is 2.20. The number of rotatable bonds is 24. The predicted molar refractivity (Wildman–Crippen MR) is 191 cm³/mol. The molecule has 0 saturated heterocycles. The number of benzene rings is 3. The van der Waals surface area contributed by atoms with Crippen molar-refractivity contribution < 1.29 is 0 Å². The summed E-state index contributed by atoms with van der Waals surface area (Å²) in [6.45, 7) is 9.35. The van der Waals surface area contributed by atoms with Crippen LogP contribution in [0.25, 0.3) is 21.5 Å². The van der Waals surface area contributed by atoms with Crippen molar-refractivity contribution in [3.63, 3.8) is 0 Å². The van der Waals surface area contributed by atoms with Gasteiger partial charge in [-0.1, -0.05) is 155 Å². The molecule has 234 valence electrons. The summed E-state index contributed by atoms with van der Waals surface area (Å²) in [6, 6.07) is 14.3. The van der Waals surface area contributed by atoms with Crippen LogP contribution in [0, 0.1) is 0 Å². The molecule has 3 aromatic rings. The molecule has 0 bridgehead atoms. The third-order valence-corrected chi connectivity index (χ3v) is 9.75. The molecule has 0 N–H and O–H groups in total. The Bertz CT molecular complexity index is 1050. The first-order valence-corrected chi connectivity index (χ1v) is 18.7. The molecule has 0 aliphatic rings. The van der Waals surface area contributed by atoms with Crippen LogP contribution in [0.1, 0.15) is 178 Å². The van der Waals surface area contributed by atoms with Gasteiger partial charge in [0.15, 0.2) is 0 Å². The van der Waals surface area contributed by atoms with Crippen LogP contribution < -0.4 is 0 Å². The van der Waals surface area contributed by atoms with Crippen molar-refractivity contribution >= 4 is 21.5 Å². The molecular weight excluding hydrogens is 504 g/mol. The molecule has 0 spiro atoms. The van der Waals surface area contributed by atoms with Gasteiger partial charge in [-0.05, 0) is 107 Å². The predicted octanol–water partition coefficient (Wildman–Crippen LogP) is 14.0. The van der Waals surface area contributed by atoms with Gasteiger partial charge in [-0.2, -0.15) is 0 Å². The van der Waals surface area contributed by atoms with Crippen LogP contribution in [0.15, 0.2) is 36.4 Å². The van der Waals surface area contributed by atoms with E-state index >= 15 is 0 Å². The highest BCUT2D eigenvalue weighted by Crippen LogP contribution is 2.38. The molecule has 0 saturated carbocycles. The van der Waals surface area contributed by atoms with Crippen LogP contribution in [-0.4, -0.2) is 0 Å². The Kier molecular flexibility index (Phi) is 17.3. The van der Waals surface area contributed by atoms with E-state index in [9.17, 15) is 0 Å². The maximum absolute atomic E-state index is 2.60. The Labute approximate surface area is 261 Å². The molecule has 0 aromatic heterocycles. The molecule has 0 unspecified atom stereocenters. The van der Waals surface area contributed by atoms with E-state index in [4.69, 9.17) is 0 Å². The normalized spacial score (nSPS) is 11.7. The van der Waals surface area contributed by atoms with Crippen LogP contribution in [-0.2, 0) is 25.7 Å². The second kappa shape index (κ2) is 21.0. The average Bonchev–Trinajstić information content (AvgIpc) is 3.01. The summed E-state index contributed by atoms with van der Waals surface area (Å²) in [5, 5.41) is 6.05. The standard InChI is InChI=1S/C42H66/c1-5-9-13-17-21-29-37-38(30-22-18-14-10-6-2)40(32-24-20-16-12-8-4)42-34-36-28-26-25-27-35(36)33-41(42)39(37)31-23-19-15-11-7-3/h25-28,33-34H,5-24,29-32H2,1-4H3. The summed E-state index contributed by atoms with van der Waals surface area (Å²) in [7, 11) is 0. The highest BCUT2D eigenvalue weighted by atomic mass is 14.2. The zero-order valence-corrected chi connectivity index (χ0v) is 28.4. The lowest BCUT2D eigenvalue weighted by molar-refractivity contribution is 0.608. The fourth-order valence-corrected chi connectivity index (χ4v) is 7.23. The van der Waals surface area contributed by atoms with E-state index < -0.39 is 0 Å². The van der Waals surface area contributed by atoms with Crippen molar-refractivity contribution in [1.29, 1.82) is 0 Å². The smallest absolute Gasteiger partial charge is 0.0140 e. The van der Waals surface area contributed by atoms with E-state index in [-0.39, 0.29) is 0 Å². The summed E-state index contributed by atoms with van der Waals surface area (Å²) in [4.78, 5) is 0. The van der Waals surface area contributed by atoms with Gasteiger partial charge >= 0.3 is 0 Å². The number of aryl methyl sites for hydroxylation is 2. The van der Waals surface area contributed by atoms with Gasteiger partial charge in [0.2, 0.25) is 0 Å². The van der Waals surface area contributed by atoms with Crippen molar-refractivity contribution in [2.24, 2.45) is 0 Å². The van der Waals surface area contributed by atoms with E-state index in [1.807, 2.05) is 0 Å². The molecule has 0 radical (unpaired) electrons. The van der Waals surface area contributed by atoms with Crippen molar-refractivity contribution in [2.45, 2.75) is 182 Å². The third kappa shape index (κ3) is 11.0. The summed E-state index contributed by atoms with van der Waals surface area (Å²) >= 11 is 0. The van der Waals surface area contributed by atoms with Gasteiger partial charge in [-0.15, -0.1) is 0 Å². The zero-order valence-electron chi connectivity index (χ0n) is 28.4. The first-order chi connectivity index (χ1) is 20.7. The van der Waals surface area contributed by atoms with Crippen molar-refractivity contribution in [1.82, 2.24) is 0 Å². The first kappa shape index (κ1) is 34.7. The number of unbranched alkanes of at least 4 members (excludes halogenated alkanes) is 16. The average molecular weight is 571 g/mol. The fourth-order valence-electron chi connectivity index (χ4n) is 7.23. The van der Waals surface area contributed by atoms with Gasteiger partial charge in [0.05, 0.1) is 0 Å². The summed E-state index contributed by atoms with van der Waals surface area (Å²) < 4.78 is 0. The molecule has 3 aromatic carbocycles. The van der Waals surface area contributed by atoms with Crippen molar-refractivity contribution in [3.05, 3.63) is 58.7 Å².